The highest BCUT2D eigenvalue weighted by Gasteiger charge is 2.10. The Balaban J connectivity index is 1.90. The molecule has 0 spiro atoms. The first-order valence-corrected chi connectivity index (χ1v) is 7.13. The van der Waals surface area contributed by atoms with Gasteiger partial charge in [-0.15, -0.1) is 10.2 Å². The molecule has 106 valence electrons. The first kappa shape index (κ1) is 14.3. The maximum Gasteiger partial charge on any atom is 0.321 e. The number of nitrogens with one attached hydrogen (secondary N) is 2. The van der Waals surface area contributed by atoms with E-state index in [1.54, 1.807) is 5.51 Å². The summed E-state index contributed by atoms with van der Waals surface area (Å²) >= 11 is 1.27. The Labute approximate surface area is 121 Å². The van der Waals surface area contributed by atoms with Crippen LogP contribution in [0.25, 0.3) is 0 Å². The highest BCUT2D eigenvalue weighted by Crippen LogP contribution is 2.18. The SMILES string of the molecule is CCOc1ccc([C@@H](C)NC(=O)Nc2nncs2)cc1. The van der Waals surface area contributed by atoms with E-state index < -0.39 is 0 Å². The van der Waals surface area contributed by atoms with Gasteiger partial charge in [0.25, 0.3) is 0 Å². The van der Waals surface area contributed by atoms with Crippen LogP contribution >= 0.6 is 11.3 Å². The fourth-order valence-corrected chi connectivity index (χ4v) is 2.10. The van der Waals surface area contributed by atoms with Crippen LogP contribution in [0.4, 0.5) is 9.93 Å². The summed E-state index contributed by atoms with van der Waals surface area (Å²) in [4.78, 5) is 11.8. The lowest BCUT2D eigenvalue weighted by Crippen LogP contribution is -2.31. The van der Waals surface area contributed by atoms with Crippen LogP contribution in [0.2, 0.25) is 0 Å². The second kappa shape index (κ2) is 6.85. The number of benzene rings is 1. The van der Waals surface area contributed by atoms with E-state index in [1.165, 1.54) is 11.3 Å². The molecule has 1 atom stereocenters. The van der Waals surface area contributed by atoms with Gasteiger partial charge in [0.2, 0.25) is 5.13 Å². The van der Waals surface area contributed by atoms with Gasteiger partial charge in [-0.25, -0.2) is 4.79 Å². The first-order chi connectivity index (χ1) is 9.69. The van der Waals surface area contributed by atoms with Crippen molar-refractivity contribution in [3.63, 3.8) is 0 Å². The summed E-state index contributed by atoms with van der Waals surface area (Å²) in [6.07, 6.45) is 0. The number of hydrogen-bond donors (Lipinski definition) is 2. The number of carbonyl (C=O) groups is 1. The molecule has 1 aromatic carbocycles. The highest BCUT2D eigenvalue weighted by atomic mass is 32.1. The lowest BCUT2D eigenvalue weighted by Gasteiger charge is -2.14. The standard InChI is InChI=1S/C13H16N4O2S/c1-3-19-11-6-4-10(5-7-11)9(2)15-12(18)16-13-17-14-8-20-13/h4-9H,3H2,1-2H3,(H2,15,16,17,18)/t9-/m1/s1. The molecule has 2 rings (SSSR count). The minimum Gasteiger partial charge on any atom is -0.494 e. The Kier molecular flexibility index (Phi) is 4.89. The molecule has 0 unspecified atom stereocenters. The smallest absolute Gasteiger partial charge is 0.321 e. The van der Waals surface area contributed by atoms with E-state index in [1.807, 2.05) is 38.1 Å². The predicted octanol–water partition coefficient (Wildman–Crippen LogP) is 2.82. The lowest BCUT2D eigenvalue weighted by atomic mass is 10.1. The van der Waals surface area contributed by atoms with Crippen molar-refractivity contribution in [1.29, 1.82) is 0 Å². The fraction of sp³-hybridized carbons (Fsp3) is 0.308. The predicted molar refractivity (Wildman–Crippen MR) is 78.1 cm³/mol. The zero-order valence-electron chi connectivity index (χ0n) is 11.3. The number of ether oxygens (including phenoxy) is 1. The minimum absolute atomic E-state index is 0.112. The zero-order valence-corrected chi connectivity index (χ0v) is 12.1. The summed E-state index contributed by atoms with van der Waals surface area (Å²) in [6.45, 7) is 4.49. The molecule has 0 saturated heterocycles. The maximum atomic E-state index is 11.8. The van der Waals surface area contributed by atoms with Crippen molar-refractivity contribution in [1.82, 2.24) is 15.5 Å². The molecule has 0 aliphatic carbocycles. The van der Waals surface area contributed by atoms with Crippen molar-refractivity contribution >= 4 is 22.5 Å². The van der Waals surface area contributed by atoms with E-state index >= 15 is 0 Å². The van der Waals surface area contributed by atoms with Gasteiger partial charge in [0, 0.05) is 0 Å². The molecule has 2 N–H and O–H groups in total. The van der Waals surface area contributed by atoms with E-state index in [-0.39, 0.29) is 12.1 Å². The zero-order chi connectivity index (χ0) is 14.4. The topological polar surface area (TPSA) is 76.1 Å². The molecule has 2 aromatic rings. The molecule has 0 fully saturated rings. The molecule has 0 aliphatic rings. The number of amides is 2. The molecule has 0 aliphatic heterocycles. The van der Waals surface area contributed by atoms with Gasteiger partial charge in [0.15, 0.2) is 0 Å². The van der Waals surface area contributed by atoms with Gasteiger partial charge in [-0.1, -0.05) is 23.5 Å². The van der Waals surface area contributed by atoms with E-state index in [0.717, 1.165) is 11.3 Å². The summed E-state index contributed by atoms with van der Waals surface area (Å²) in [6, 6.07) is 7.22. The third-order valence-electron chi connectivity index (χ3n) is 2.62. The summed E-state index contributed by atoms with van der Waals surface area (Å²) in [5.74, 6) is 0.821. The molecular formula is C13H16N4O2S. The van der Waals surface area contributed by atoms with Gasteiger partial charge in [0.1, 0.15) is 11.3 Å². The van der Waals surface area contributed by atoms with Crippen LogP contribution < -0.4 is 15.4 Å². The minimum atomic E-state index is -0.303. The Hall–Kier alpha value is -2.15. The molecule has 20 heavy (non-hydrogen) atoms. The molecule has 1 aromatic heterocycles. The van der Waals surface area contributed by atoms with Crippen molar-refractivity contribution in [3.8, 4) is 5.75 Å². The Morgan fingerprint density at radius 3 is 2.75 bits per heavy atom. The quantitative estimate of drug-likeness (QED) is 0.888. The summed E-state index contributed by atoms with van der Waals surface area (Å²) in [5.41, 5.74) is 2.56. The molecule has 7 heteroatoms. The van der Waals surface area contributed by atoms with Gasteiger partial charge in [-0.2, -0.15) is 0 Å². The number of urea groups is 1. The van der Waals surface area contributed by atoms with E-state index in [4.69, 9.17) is 4.74 Å². The lowest BCUT2D eigenvalue weighted by molar-refractivity contribution is 0.249. The van der Waals surface area contributed by atoms with Gasteiger partial charge in [0.05, 0.1) is 12.6 Å². The van der Waals surface area contributed by atoms with Crippen LogP contribution in [0.5, 0.6) is 5.75 Å². The number of rotatable bonds is 5. The Bertz CT molecular complexity index is 542. The largest absolute Gasteiger partial charge is 0.494 e. The van der Waals surface area contributed by atoms with Gasteiger partial charge in [-0.3, -0.25) is 5.32 Å². The molecule has 0 bridgehead atoms. The molecule has 0 radical (unpaired) electrons. The Morgan fingerprint density at radius 1 is 1.40 bits per heavy atom. The summed E-state index contributed by atoms with van der Waals surface area (Å²) in [7, 11) is 0. The van der Waals surface area contributed by atoms with Crippen LogP contribution in [0.15, 0.2) is 29.8 Å². The van der Waals surface area contributed by atoms with E-state index in [2.05, 4.69) is 20.8 Å². The van der Waals surface area contributed by atoms with Gasteiger partial charge >= 0.3 is 6.03 Å². The first-order valence-electron chi connectivity index (χ1n) is 6.25. The molecule has 6 nitrogen and oxygen atoms in total. The monoisotopic (exact) mass is 292 g/mol. The highest BCUT2D eigenvalue weighted by molar-refractivity contribution is 7.13. The van der Waals surface area contributed by atoms with Crippen molar-refractivity contribution in [3.05, 3.63) is 35.3 Å². The van der Waals surface area contributed by atoms with Crippen LogP contribution in [-0.4, -0.2) is 22.8 Å². The normalized spacial score (nSPS) is 11.7. The Morgan fingerprint density at radius 2 is 2.15 bits per heavy atom. The van der Waals surface area contributed by atoms with Crippen molar-refractivity contribution < 1.29 is 9.53 Å². The van der Waals surface area contributed by atoms with E-state index in [9.17, 15) is 4.79 Å². The fourth-order valence-electron chi connectivity index (χ4n) is 1.66. The number of aromatic nitrogens is 2. The third kappa shape index (κ3) is 3.92. The molecular weight excluding hydrogens is 276 g/mol. The summed E-state index contributed by atoms with van der Waals surface area (Å²) < 4.78 is 5.38. The number of anilines is 1. The average Bonchev–Trinajstić information content (AvgIpc) is 2.92. The average molecular weight is 292 g/mol. The maximum absolute atomic E-state index is 11.8. The summed E-state index contributed by atoms with van der Waals surface area (Å²) in [5, 5.41) is 13.3. The van der Waals surface area contributed by atoms with Crippen molar-refractivity contribution in [2.24, 2.45) is 0 Å². The van der Waals surface area contributed by atoms with Gasteiger partial charge in [-0.05, 0) is 31.5 Å². The van der Waals surface area contributed by atoms with Crippen LogP contribution in [-0.2, 0) is 0 Å². The molecule has 2 amide bonds. The number of carbonyl (C=O) groups excluding carboxylic acids is 1. The second-order valence-corrected chi connectivity index (χ2v) is 4.90. The third-order valence-corrected chi connectivity index (χ3v) is 3.23. The molecule has 1 heterocycles. The van der Waals surface area contributed by atoms with Crippen molar-refractivity contribution in [2.45, 2.75) is 19.9 Å². The van der Waals surface area contributed by atoms with Crippen LogP contribution in [0, 0.1) is 0 Å². The van der Waals surface area contributed by atoms with Gasteiger partial charge < -0.3 is 10.1 Å². The van der Waals surface area contributed by atoms with Crippen LogP contribution in [0.3, 0.4) is 0 Å². The van der Waals surface area contributed by atoms with E-state index in [0.29, 0.717) is 11.7 Å². The number of nitrogens with zero attached hydrogens (tertiary/aromatic N) is 2. The second-order valence-electron chi connectivity index (χ2n) is 4.07. The number of hydrogen-bond acceptors (Lipinski definition) is 5. The van der Waals surface area contributed by atoms with Crippen LogP contribution in [0.1, 0.15) is 25.5 Å². The van der Waals surface area contributed by atoms with Crippen molar-refractivity contribution in [2.75, 3.05) is 11.9 Å². The molecule has 0 saturated carbocycles.